The summed E-state index contributed by atoms with van der Waals surface area (Å²) in [4.78, 5) is 42.3. The summed E-state index contributed by atoms with van der Waals surface area (Å²) in [6.45, 7) is 9.59. The molecule has 2 atom stereocenters. The van der Waals surface area contributed by atoms with Crippen LogP contribution in [0.15, 0.2) is 59.5 Å². The van der Waals surface area contributed by atoms with Gasteiger partial charge in [0.15, 0.2) is 11.4 Å². The number of nitrogens with zero attached hydrogens (tertiary/aromatic N) is 1. The zero-order chi connectivity index (χ0) is 31.5. The fraction of sp³-hybridized carbons (Fsp3) is 0.364. The van der Waals surface area contributed by atoms with Crippen LogP contribution in [0.4, 0.5) is 4.79 Å². The molecule has 1 fully saturated rings. The van der Waals surface area contributed by atoms with Crippen molar-refractivity contribution in [3.63, 3.8) is 0 Å². The van der Waals surface area contributed by atoms with Gasteiger partial charge in [-0.1, -0.05) is 47.5 Å². The lowest BCUT2D eigenvalue weighted by Gasteiger charge is -2.27. The standard InChI is InChI=1S/C33H35Cl2NO6S/c1-7-40-31(38)33(4,5)42-30-19(2)14-22(15-20(30)3)25-17-36(32(39)41-23-10-13-27(34)28(35)16-23)18-26(25)29(37)21-8-11-24(43-6)12-9-21/h8-16,25-26H,7,17-18H2,1-6H3. The summed E-state index contributed by atoms with van der Waals surface area (Å²) in [5.74, 6) is -0.492. The quantitative estimate of drug-likeness (QED) is 0.132. The number of hydrogen-bond acceptors (Lipinski definition) is 7. The van der Waals surface area contributed by atoms with Crippen LogP contribution in [0.25, 0.3) is 0 Å². The van der Waals surface area contributed by atoms with Crippen molar-refractivity contribution < 1.29 is 28.6 Å². The topological polar surface area (TPSA) is 82.1 Å². The van der Waals surface area contributed by atoms with Crippen molar-refractivity contribution in [2.45, 2.75) is 51.0 Å². The van der Waals surface area contributed by atoms with E-state index in [0.717, 1.165) is 21.6 Å². The number of ether oxygens (including phenoxy) is 3. The van der Waals surface area contributed by atoms with Crippen molar-refractivity contribution in [1.29, 1.82) is 0 Å². The van der Waals surface area contributed by atoms with E-state index < -0.39 is 23.6 Å². The van der Waals surface area contributed by atoms with Gasteiger partial charge in [-0.25, -0.2) is 9.59 Å². The number of benzene rings is 3. The molecule has 1 amide bonds. The Morgan fingerprint density at radius 3 is 2.19 bits per heavy atom. The molecule has 1 saturated heterocycles. The van der Waals surface area contributed by atoms with Gasteiger partial charge in [0, 0.05) is 41.5 Å². The largest absolute Gasteiger partial charge is 0.476 e. The number of likely N-dealkylation sites (tertiary alicyclic amines) is 1. The minimum atomic E-state index is -1.19. The lowest BCUT2D eigenvalue weighted by Crippen LogP contribution is -2.40. The minimum absolute atomic E-state index is 0.0541. The molecule has 4 rings (SSSR count). The van der Waals surface area contributed by atoms with Crippen LogP contribution in [0, 0.1) is 19.8 Å². The Balaban J connectivity index is 1.65. The van der Waals surface area contributed by atoms with E-state index in [9.17, 15) is 14.4 Å². The number of rotatable bonds is 9. The fourth-order valence-corrected chi connectivity index (χ4v) is 5.89. The molecule has 0 N–H and O–H groups in total. The number of ketones is 1. The molecule has 0 aromatic heterocycles. The van der Waals surface area contributed by atoms with E-state index >= 15 is 0 Å². The molecule has 1 heterocycles. The van der Waals surface area contributed by atoms with Gasteiger partial charge in [-0.2, -0.15) is 0 Å². The highest BCUT2D eigenvalue weighted by Gasteiger charge is 2.42. The first-order valence-corrected chi connectivity index (χ1v) is 15.9. The van der Waals surface area contributed by atoms with E-state index in [1.807, 2.05) is 56.5 Å². The molecule has 7 nitrogen and oxygen atoms in total. The Kier molecular flexibility index (Phi) is 10.4. The first-order chi connectivity index (χ1) is 20.3. The Labute approximate surface area is 266 Å². The Bertz CT molecular complexity index is 1500. The van der Waals surface area contributed by atoms with E-state index in [0.29, 0.717) is 16.3 Å². The monoisotopic (exact) mass is 643 g/mol. The number of Topliss-reactive ketones (excluding diaryl/α,β-unsaturated/α-hetero) is 1. The lowest BCUT2D eigenvalue weighted by molar-refractivity contribution is -0.158. The van der Waals surface area contributed by atoms with Gasteiger partial charge < -0.3 is 19.1 Å². The third-order valence-corrected chi connectivity index (χ3v) is 8.90. The normalized spacial score (nSPS) is 16.6. The van der Waals surface area contributed by atoms with Gasteiger partial charge in [-0.3, -0.25) is 4.79 Å². The molecule has 3 aromatic carbocycles. The fourth-order valence-electron chi connectivity index (χ4n) is 5.19. The molecule has 1 aliphatic rings. The second kappa shape index (κ2) is 13.6. The summed E-state index contributed by atoms with van der Waals surface area (Å²) in [7, 11) is 0. The molecule has 2 unspecified atom stereocenters. The number of amides is 1. The molecule has 0 bridgehead atoms. The average Bonchev–Trinajstić information content (AvgIpc) is 3.42. The zero-order valence-corrected chi connectivity index (χ0v) is 27.4. The van der Waals surface area contributed by atoms with Crippen LogP contribution >= 0.6 is 35.0 Å². The Morgan fingerprint density at radius 2 is 1.60 bits per heavy atom. The summed E-state index contributed by atoms with van der Waals surface area (Å²) in [6, 6.07) is 16.0. The molecule has 0 saturated carbocycles. The zero-order valence-electron chi connectivity index (χ0n) is 25.0. The number of carbonyl (C=O) groups is 3. The van der Waals surface area contributed by atoms with Crippen molar-refractivity contribution in [1.82, 2.24) is 4.90 Å². The Hall–Kier alpha value is -3.20. The van der Waals surface area contributed by atoms with Crippen molar-refractivity contribution in [3.8, 4) is 11.5 Å². The molecule has 0 aliphatic carbocycles. The van der Waals surface area contributed by atoms with E-state index in [-0.39, 0.29) is 42.2 Å². The van der Waals surface area contributed by atoms with Crippen molar-refractivity contribution in [3.05, 3.63) is 86.9 Å². The summed E-state index contributed by atoms with van der Waals surface area (Å²) < 4.78 is 17.0. The lowest BCUT2D eigenvalue weighted by atomic mass is 9.82. The van der Waals surface area contributed by atoms with E-state index in [4.69, 9.17) is 37.4 Å². The molecule has 1 aliphatic heterocycles. The van der Waals surface area contributed by atoms with Gasteiger partial charge in [-0.05, 0) is 81.8 Å². The van der Waals surface area contributed by atoms with Crippen LogP contribution in [-0.2, 0) is 9.53 Å². The predicted molar refractivity (Wildman–Crippen MR) is 170 cm³/mol. The Morgan fingerprint density at radius 1 is 0.953 bits per heavy atom. The van der Waals surface area contributed by atoms with E-state index in [1.165, 1.54) is 6.07 Å². The molecule has 0 spiro atoms. The van der Waals surface area contributed by atoms with Crippen LogP contribution in [0.2, 0.25) is 10.0 Å². The maximum Gasteiger partial charge on any atom is 0.415 e. The van der Waals surface area contributed by atoms with Crippen molar-refractivity contribution >= 4 is 52.8 Å². The summed E-state index contributed by atoms with van der Waals surface area (Å²) in [6.07, 6.45) is 1.40. The van der Waals surface area contributed by atoms with Gasteiger partial charge in [0.1, 0.15) is 11.5 Å². The number of thioether (sulfide) groups is 1. The van der Waals surface area contributed by atoms with Crippen molar-refractivity contribution in [2.75, 3.05) is 26.0 Å². The van der Waals surface area contributed by atoms with Crippen molar-refractivity contribution in [2.24, 2.45) is 5.92 Å². The van der Waals surface area contributed by atoms with Crippen LogP contribution in [0.5, 0.6) is 11.5 Å². The van der Waals surface area contributed by atoms with Gasteiger partial charge in [0.2, 0.25) is 0 Å². The third kappa shape index (κ3) is 7.48. The number of aryl methyl sites for hydroxylation is 2. The summed E-state index contributed by atoms with van der Waals surface area (Å²) in [5.41, 5.74) is 1.89. The summed E-state index contributed by atoms with van der Waals surface area (Å²) in [5, 5.41) is 0.622. The highest BCUT2D eigenvalue weighted by atomic mass is 35.5. The van der Waals surface area contributed by atoms with Crippen LogP contribution in [-0.4, -0.2) is 54.3 Å². The average molecular weight is 645 g/mol. The maximum atomic E-state index is 13.9. The van der Waals surface area contributed by atoms with Gasteiger partial charge >= 0.3 is 12.1 Å². The van der Waals surface area contributed by atoms with Crippen LogP contribution in [0.1, 0.15) is 53.7 Å². The van der Waals surface area contributed by atoms with Gasteiger partial charge in [0.25, 0.3) is 0 Å². The first-order valence-electron chi connectivity index (χ1n) is 13.9. The number of halogens is 2. The highest BCUT2D eigenvalue weighted by Crippen LogP contribution is 2.39. The first kappa shape index (κ1) is 32.7. The second-order valence-electron chi connectivity index (χ2n) is 11.0. The van der Waals surface area contributed by atoms with Crippen LogP contribution < -0.4 is 9.47 Å². The third-order valence-electron chi connectivity index (χ3n) is 7.42. The molecule has 3 aromatic rings. The number of hydrogen-bond donors (Lipinski definition) is 0. The molecular weight excluding hydrogens is 609 g/mol. The van der Waals surface area contributed by atoms with E-state index in [2.05, 4.69) is 0 Å². The summed E-state index contributed by atoms with van der Waals surface area (Å²) >= 11 is 13.7. The molecule has 10 heteroatoms. The second-order valence-corrected chi connectivity index (χ2v) is 12.7. The minimum Gasteiger partial charge on any atom is -0.476 e. The number of carbonyl (C=O) groups excluding carboxylic acids is 3. The van der Waals surface area contributed by atoms with Crippen LogP contribution in [0.3, 0.4) is 0 Å². The molecule has 228 valence electrons. The SMILES string of the molecule is CCOC(=O)C(C)(C)Oc1c(C)cc(C2CN(C(=O)Oc3ccc(Cl)c(Cl)c3)CC2C(=O)c2ccc(SC)cc2)cc1C. The van der Waals surface area contributed by atoms with Gasteiger partial charge in [-0.15, -0.1) is 11.8 Å². The highest BCUT2D eigenvalue weighted by molar-refractivity contribution is 7.98. The molecule has 43 heavy (non-hydrogen) atoms. The van der Waals surface area contributed by atoms with E-state index in [1.54, 1.807) is 49.6 Å². The predicted octanol–water partition coefficient (Wildman–Crippen LogP) is 8.15. The van der Waals surface area contributed by atoms with Gasteiger partial charge in [0.05, 0.1) is 16.7 Å². The molecule has 0 radical (unpaired) electrons. The smallest absolute Gasteiger partial charge is 0.415 e. The number of esters is 1. The molecular formula is C33H35Cl2NO6S. The maximum absolute atomic E-state index is 13.9.